The molecule has 0 saturated carbocycles. The van der Waals surface area contributed by atoms with Gasteiger partial charge in [-0.15, -0.1) is 0 Å². The summed E-state index contributed by atoms with van der Waals surface area (Å²) < 4.78 is 21.9. The molecule has 2 amide bonds. The van der Waals surface area contributed by atoms with E-state index in [2.05, 4.69) is 12.2 Å². The van der Waals surface area contributed by atoms with Gasteiger partial charge >= 0.3 is 0 Å². The standard InChI is InChI=1S/C34H41N3O6S/c1-5-6-7-8-21-43-28-16-12-25(13-17-28)35-33(39)31-23-32(38)37(20-19-24-9-18-29(41-3)30(22-24)42-4)34(44-31)36-26-10-14-27(40-2)15-11-26/h9-18,22,31H,5-8,19-21,23H2,1-4H3,(H,35,39). The van der Waals surface area contributed by atoms with Gasteiger partial charge in [-0.25, -0.2) is 4.99 Å². The summed E-state index contributed by atoms with van der Waals surface area (Å²) in [6.45, 7) is 3.25. The molecule has 0 aromatic heterocycles. The van der Waals surface area contributed by atoms with E-state index in [1.54, 1.807) is 26.2 Å². The Morgan fingerprint density at radius 3 is 2.32 bits per heavy atom. The van der Waals surface area contributed by atoms with Crippen LogP contribution in [-0.4, -0.2) is 61.6 Å². The first-order chi connectivity index (χ1) is 21.4. The minimum atomic E-state index is -0.633. The number of rotatable bonds is 15. The summed E-state index contributed by atoms with van der Waals surface area (Å²) in [4.78, 5) is 33.3. The summed E-state index contributed by atoms with van der Waals surface area (Å²) in [6, 6.07) is 20.3. The highest BCUT2D eigenvalue weighted by Gasteiger charge is 2.36. The van der Waals surface area contributed by atoms with Crippen molar-refractivity contribution in [2.24, 2.45) is 4.99 Å². The fourth-order valence-electron chi connectivity index (χ4n) is 4.68. The number of unbranched alkanes of at least 4 members (excludes halogenated alkanes) is 3. The quantitative estimate of drug-likeness (QED) is 0.185. The van der Waals surface area contributed by atoms with E-state index in [9.17, 15) is 9.59 Å². The maximum atomic E-state index is 13.5. The van der Waals surface area contributed by atoms with Crippen molar-refractivity contribution >= 4 is 40.1 Å². The number of thioether (sulfide) groups is 1. The Balaban J connectivity index is 1.45. The van der Waals surface area contributed by atoms with Gasteiger partial charge in [0.1, 0.15) is 16.7 Å². The maximum Gasteiger partial charge on any atom is 0.238 e. The number of nitrogens with one attached hydrogen (secondary N) is 1. The maximum absolute atomic E-state index is 13.5. The van der Waals surface area contributed by atoms with E-state index < -0.39 is 5.25 Å². The van der Waals surface area contributed by atoms with Crippen LogP contribution in [0.15, 0.2) is 71.7 Å². The minimum Gasteiger partial charge on any atom is -0.497 e. The Kier molecular flexibility index (Phi) is 12.4. The second kappa shape index (κ2) is 16.6. The lowest BCUT2D eigenvalue weighted by atomic mass is 10.1. The molecule has 4 rings (SSSR count). The molecule has 1 N–H and O–H groups in total. The fourth-order valence-corrected chi connectivity index (χ4v) is 5.81. The first-order valence-corrected chi connectivity index (χ1v) is 15.8. The van der Waals surface area contributed by atoms with E-state index in [0.29, 0.717) is 53.4 Å². The van der Waals surface area contributed by atoms with Gasteiger partial charge in [-0.3, -0.25) is 14.5 Å². The molecule has 234 valence electrons. The molecule has 1 aliphatic rings. The summed E-state index contributed by atoms with van der Waals surface area (Å²) in [5.41, 5.74) is 2.28. The zero-order chi connectivity index (χ0) is 31.3. The molecule has 1 heterocycles. The molecule has 0 radical (unpaired) electrons. The molecular weight excluding hydrogens is 578 g/mol. The van der Waals surface area contributed by atoms with Crippen molar-refractivity contribution in [2.45, 2.75) is 50.7 Å². The average Bonchev–Trinajstić information content (AvgIpc) is 3.05. The highest BCUT2D eigenvalue weighted by molar-refractivity contribution is 8.15. The molecule has 1 fully saturated rings. The molecule has 1 atom stereocenters. The Morgan fingerprint density at radius 2 is 1.64 bits per heavy atom. The predicted molar refractivity (Wildman–Crippen MR) is 176 cm³/mol. The largest absolute Gasteiger partial charge is 0.497 e. The molecule has 44 heavy (non-hydrogen) atoms. The van der Waals surface area contributed by atoms with E-state index >= 15 is 0 Å². The zero-order valence-corrected chi connectivity index (χ0v) is 26.7. The molecule has 1 unspecified atom stereocenters. The number of carbonyl (C=O) groups excluding carboxylic acids is 2. The molecule has 10 heteroatoms. The Bertz CT molecular complexity index is 1410. The summed E-state index contributed by atoms with van der Waals surface area (Å²) >= 11 is 1.29. The van der Waals surface area contributed by atoms with E-state index in [0.717, 1.165) is 24.2 Å². The predicted octanol–water partition coefficient (Wildman–Crippen LogP) is 6.87. The summed E-state index contributed by atoms with van der Waals surface area (Å²) in [6.07, 6.45) is 5.19. The lowest BCUT2D eigenvalue weighted by Crippen LogP contribution is -2.46. The topological polar surface area (TPSA) is 98.7 Å². The number of hydrogen-bond donors (Lipinski definition) is 1. The van der Waals surface area contributed by atoms with Crippen LogP contribution in [0.3, 0.4) is 0 Å². The van der Waals surface area contributed by atoms with E-state index in [1.807, 2.05) is 66.7 Å². The van der Waals surface area contributed by atoms with Gasteiger partial charge in [0.2, 0.25) is 11.8 Å². The van der Waals surface area contributed by atoms with Gasteiger partial charge in [-0.2, -0.15) is 0 Å². The molecule has 3 aromatic rings. The Morgan fingerprint density at radius 1 is 0.909 bits per heavy atom. The number of hydrogen-bond acceptors (Lipinski definition) is 8. The number of ether oxygens (including phenoxy) is 4. The second-order valence-electron chi connectivity index (χ2n) is 10.3. The molecule has 9 nitrogen and oxygen atoms in total. The van der Waals surface area contributed by atoms with Crippen molar-refractivity contribution in [2.75, 3.05) is 39.8 Å². The van der Waals surface area contributed by atoms with Gasteiger partial charge in [0.05, 0.1) is 33.6 Å². The van der Waals surface area contributed by atoms with Crippen molar-refractivity contribution in [1.82, 2.24) is 4.90 Å². The molecule has 0 aliphatic carbocycles. The van der Waals surface area contributed by atoms with Gasteiger partial charge in [0.15, 0.2) is 16.7 Å². The SMILES string of the molecule is CCCCCCOc1ccc(NC(=O)C2CC(=O)N(CCc3ccc(OC)c(OC)c3)C(=Nc3ccc(OC)cc3)S2)cc1. The molecule has 0 spiro atoms. The normalized spacial score (nSPS) is 15.6. The number of benzene rings is 3. The monoisotopic (exact) mass is 619 g/mol. The van der Waals surface area contributed by atoms with E-state index in [4.69, 9.17) is 23.9 Å². The number of carbonyl (C=O) groups is 2. The number of methoxy groups -OCH3 is 3. The van der Waals surface area contributed by atoms with Crippen LogP contribution >= 0.6 is 11.8 Å². The third-order valence-electron chi connectivity index (χ3n) is 7.19. The van der Waals surface area contributed by atoms with Crippen LogP contribution in [0.25, 0.3) is 0 Å². The van der Waals surface area contributed by atoms with Gasteiger partial charge < -0.3 is 24.3 Å². The van der Waals surface area contributed by atoms with Crippen molar-refractivity contribution in [3.05, 3.63) is 72.3 Å². The van der Waals surface area contributed by atoms with Crippen LogP contribution in [0.1, 0.15) is 44.6 Å². The van der Waals surface area contributed by atoms with Crippen LogP contribution in [0.2, 0.25) is 0 Å². The highest BCUT2D eigenvalue weighted by Crippen LogP contribution is 2.32. The van der Waals surface area contributed by atoms with Crippen molar-refractivity contribution in [3.8, 4) is 23.0 Å². The first kappa shape index (κ1) is 32.7. The second-order valence-corrected chi connectivity index (χ2v) is 11.5. The van der Waals surface area contributed by atoms with Crippen LogP contribution < -0.4 is 24.3 Å². The number of nitrogens with zero attached hydrogens (tertiary/aromatic N) is 2. The zero-order valence-electron chi connectivity index (χ0n) is 25.8. The van der Waals surface area contributed by atoms with Gasteiger partial charge in [-0.05, 0) is 79.1 Å². The fraction of sp³-hybridized carbons (Fsp3) is 0.382. The van der Waals surface area contributed by atoms with Crippen LogP contribution in [0, 0.1) is 0 Å². The molecular formula is C34H41N3O6S. The average molecular weight is 620 g/mol. The lowest BCUT2D eigenvalue weighted by molar-refractivity contribution is -0.129. The number of anilines is 1. The smallest absolute Gasteiger partial charge is 0.238 e. The summed E-state index contributed by atoms with van der Waals surface area (Å²) in [7, 11) is 4.79. The molecule has 0 bridgehead atoms. The lowest BCUT2D eigenvalue weighted by Gasteiger charge is -2.32. The van der Waals surface area contributed by atoms with Crippen molar-refractivity contribution in [3.63, 3.8) is 0 Å². The number of amidine groups is 1. The van der Waals surface area contributed by atoms with Gasteiger partial charge in [0.25, 0.3) is 0 Å². The summed E-state index contributed by atoms with van der Waals surface area (Å²) in [5, 5.41) is 2.79. The Labute approximate surface area is 263 Å². The van der Waals surface area contributed by atoms with Crippen molar-refractivity contribution in [1.29, 1.82) is 0 Å². The Hall–Kier alpha value is -4.18. The molecule has 1 saturated heterocycles. The van der Waals surface area contributed by atoms with Gasteiger partial charge in [0, 0.05) is 18.7 Å². The first-order valence-electron chi connectivity index (χ1n) is 14.9. The third kappa shape index (κ3) is 9.16. The van der Waals surface area contributed by atoms with E-state index in [-0.39, 0.29) is 18.2 Å². The third-order valence-corrected chi connectivity index (χ3v) is 8.38. The number of amides is 2. The molecule has 3 aromatic carbocycles. The molecule has 1 aliphatic heterocycles. The summed E-state index contributed by atoms with van der Waals surface area (Å²) in [5.74, 6) is 2.32. The van der Waals surface area contributed by atoms with Crippen LogP contribution in [0.5, 0.6) is 23.0 Å². The van der Waals surface area contributed by atoms with Crippen LogP contribution in [0.4, 0.5) is 11.4 Å². The van der Waals surface area contributed by atoms with Crippen molar-refractivity contribution < 1.29 is 28.5 Å². The van der Waals surface area contributed by atoms with E-state index in [1.165, 1.54) is 24.6 Å². The van der Waals surface area contributed by atoms with Crippen LogP contribution in [-0.2, 0) is 16.0 Å². The number of aliphatic imine (C=N–C) groups is 1. The highest BCUT2D eigenvalue weighted by atomic mass is 32.2. The van der Waals surface area contributed by atoms with Gasteiger partial charge in [-0.1, -0.05) is 44.0 Å². The minimum absolute atomic E-state index is 0.0586.